The van der Waals surface area contributed by atoms with Gasteiger partial charge in [-0.05, 0) is 31.4 Å². The fourth-order valence-corrected chi connectivity index (χ4v) is 2.80. The maximum absolute atomic E-state index is 12.4. The highest BCUT2D eigenvalue weighted by Gasteiger charge is 2.17. The molecule has 0 bridgehead atoms. The molecule has 1 aliphatic heterocycles. The topological polar surface area (TPSA) is 67.4 Å². The molecule has 0 aliphatic carbocycles. The van der Waals surface area contributed by atoms with Gasteiger partial charge < -0.3 is 15.0 Å². The molecule has 1 aromatic carbocycles. The van der Waals surface area contributed by atoms with Crippen molar-refractivity contribution < 1.29 is 9.53 Å². The molecule has 25 heavy (non-hydrogen) atoms. The van der Waals surface area contributed by atoms with E-state index in [0.29, 0.717) is 31.4 Å². The van der Waals surface area contributed by atoms with Crippen LogP contribution in [0.4, 0.5) is 5.95 Å². The van der Waals surface area contributed by atoms with Gasteiger partial charge in [0.05, 0.1) is 13.2 Å². The van der Waals surface area contributed by atoms with E-state index in [1.165, 1.54) is 5.56 Å². The van der Waals surface area contributed by atoms with E-state index in [1.807, 2.05) is 25.1 Å². The molecule has 1 saturated heterocycles. The van der Waals surface area contributed by atoms with E-state index in [9.17, 15) is 4.79 Å². The van der Waals surface area contributed by atoms with Gasteiger partial charge in [0, 0.05) is 25.3 Å². The Balaban J connectivity index is 1.55. The van der Waals surface area contributed by atoms with Crippen LogP contribution in [-0.4, -0.2) is 48.7 Å². The summed E-state index contributed by atoms with van der Waals surface area (Å²) in [4.78, 5) is 23.4. The molecule has 0 spiro atoms. The first-order valence-electron chi connectivity index (χ1n) is 8.73. The Labute approximate surface area is 148 Å². The molecular formula is C19H24N4O2. The van der Waals surface area contributed by atoms with Crippen LogP contribution < -0.4 is 10.2 Å². The number of carbonyl (C=O) groups excluding carboxylic acids is 1. The predicted molar refractivity (Wildman–Crippen MR) is 96.9 cm³/mol. The Morgan fingerprint density at radius 2 is 1.96 bits per heavy atom. The third-order valence-corrected chi connectivity index (χ3v) is 4.14. The highest BCUT2D eigenvalue weighted by molar-refractivity contribution is 5.92. The van der Waals surface area contributed by atoms with Crippen molar-refractivity contribution in [1.29, 1.82) is 0 Å². The smallest absolute Gasteiger partial charge is 0.270 e. The summed E-state index contributed by atoms with van der Waals surface area (Å²) in [5, 5.41) is 2.95. The molecule has 6 heteroatoms. The molecule has 1 fully saturated rings. The fraction of sp³-hybridized carbons (Fsp3) is 0.421. The maximum Gasteiger partial charge on any atom is 0.270 e. The number of anilines is 1. The van der Waals surface area contributed by atoms with Crippen LogP contribution in [-0.2, 0) is 11.2 Å². The standard InChI is InChI=1S/C19H24N4O2/c1-15-14-17(22-19(21-15)23-10-12-25-13-11-23)18(24)20-9-5-8-16-6-3-2-4-7-16/h2-4,6-7,14H,5,8-13H2,1H3,(H,20,24). The molecular weight excluding hydrogens is 316 g/mol. The molecule has 0 radical (unpaired) electrons. The van der Waals surface area contributed by atoms with Crippen LogP contribution in [0.2, 0.25) is 0 Å². The normalized spacial score (nSPS) is 14.4. The predicted octanol–water partition coefficient (Wildman–Crippen LogP) is 1.98. The van der Waals surface area contributed by atoms with Crippen LogP contribution in [0.5, 0.6) is 0 Å². The average molecular weight is 340 g/mol. The summed E-state index contributed by atoms with van der Waals surface area (Å²) in [7, 11) is 0. The summed E-state index contributed by atoms with van der Waals surface area (Å²) >= 11 is 0. The molecule has 2 aromatic rings. The zero-order chi connectivity index (χ0) is 17.5. The molecule has 1 aliphatic rings. The SMILES string of the molecule is Cc1cc(C(=O)NCCCc2ccccc2)nc(N2CCOCC2)n1. The fourth-order valence-electron chi connectivity index (χ4n) is 2.80. The van der Waals surface area contributed by atoms with Gasteiger partial charge in [0.25, 0.3) is 5.91 Å². The molecule has 2 heterocycles. The molecule has 132 valence electrons. The van der Waals surface area contributed by atoms with Gasteiger partial charge in [-0.3, -0.25) is 4.79 Å². The van der Waals surface area contributed by atoms with Crippen molar-refractivity contribution >= 4 is 11.9 Å². The van der Waals surface area contributed by atoms with Crippen molar-refractivity contribution in [3.8, 4) is 0 Å². The number of aromatic nitrogens is 2. The Morgan fingerprint density at radius 3 is 2.72 bits per heavy atom. The number of nitrogens with one attached hydrogen (secondary N) is 1. The third-order valence-electron chi connectivity index (χ3n) is 4.14. The van der Waals surface area contributed by atoms with E-state index >= 15 is 0 Å². The van der Waals surface area contributed by atoms with Crippen molar-refractivity contribution in [3.63, 3.8) is 0 Å². The van der Waals surface area contributed by atoms with Crippen molar-refractivity contribution in [2.75, 3.05) is 37.7 Å². The van der Waals surface area contributed by atoms with E-state index in [-0.39, 0.29) is 5.91 Å². The quantitative estimate of drug-likeness (QED) is 0.815. The van der Waals surface area contributed by atoms with Crippen LogP contribution in [0.1, 0.15) is 28.2 Å². The van der Waals surface area contributed by atoms with Crippen LogP contribution in [0.25, 0.3) is 0 Å². The average Bonchev–Trinajstić information content (AvgIpc) is 2.66. The van der Waals surface area contributed by atoms with Gasteiger partial charge in [0.1, 0.15) is 5.69 Å². The minimum Gasteiger partial charge on any atom is -0.378 e. The number of nitrogens with zero attached hydrogens (tertiary/aromatic N) is 3. The third kappa shape index (κ3) is 5.00. The number of ether oxygens (including phenoxy) is 1. The Morgan fingerprint density at radius 1 is 1.20 bits per heavy atom. The number of morpholine rings is 1. The minimum atomic E-state index is -0.145. The first kappa shape index (κ1) is 17.4. The second-order valence-electron chi connectivity index (χ2n) is 6.14. The second-order valence-corrected chi connectivity index (χ2v) is 6.14. The summed E-state index contributed by atoms with van der Waals surface area (Å²) in [5.74, 6) is 0.464. The highest BCUT2D eigenvalue weighted by atomic mass is 16.5. The molecule has 0 unspecified atom stereocenters. The lowest BCUT2D eigenvalue weighted by molar-refractivity contribution is 0.0948. The summed E-state index contributed by atoms with van der Waals surface area (Å²) in [6.07, 6.45) is 1.85. The second kappa shape index (κ2) is 8.58. The van der Waals surface area contributed by atoms with E-state index in [4.69, 9.17) is 4.74 Å². The van der Waals surface area contributed by atoms with Gasteiger partial charge in [-0.1, -0.05) is 30.3 Å². The van der Waals surface area contributed by atoms with E-state index < -0.39 is 0 Å². The van der Waals surface area contributed by atoms with Gasteiger partial charge in [0.2, 0.25) is 5.95 Å². The molecule has 0 atom stereocenters. The summed E-state index contributed by atoms with van der Waals surface area (Å²) in [5.41, 5.74) is 2.50. The van der Waals surface area contributed by atoms with Crippen molar-refractivity contribution in [1.82, 2.24) is 15.3 Å². The van der Waals surface area contributed by atoms with Crippen LogP contribution in [0.3, 0.4) is 0 Å². The number of carbonyl (C=O) groups is 1. The van der Waals surface area contributed by atoms with Gasteiger partial charge >= 0.3 is 0 Å². The molecule has 6 nitrogen and oxygen atoms in total. The largest absolute Gasteiger partial charge is 0.378 e. The Hall–Kier alpha value is -2.47. The number of hydrogen-bond donors (Lipinski definition) is 1. The Bertz CT molecular complexity index is 700. The van der Waals surface area contributed by atoms with Crippen LogP contribution >= 0.6 is 0 Å². The minimum absolute atomic E-state index is 0.145. The number of amides is 1. The van der Waals surface area contributed by atoms with Crippen LogP contribution in [0.15, 0.2) is 36.4 Å². The molecule has 3 rings (SSSR count). The van der Waals surface area contributed by atoms with E-state index in [0.717, 1.165) is 31.6 Å². The number of aryl methyl sites for hydroxylation is 2. The molecule has 1 amide bonds. The van der Waals surface area contributed by atoms with Gasteiger partial charge in [-0.2, -0.15) is 0 Å². The first-order chi connectivity index (χ1) is 12.2. The zero-order valence-corrected chi connectivity index (χ0v) is 14.6. The monoisotopic (exact) mass is 340 g/mol. The maximum atomic E-state index is 12.4. The lowest BCUT2D eigenvalue weighted by Gasteiger charge is -2.27. The highest BCUT2D eigenvalue weighted by Crippen LogP contribution is 2.12. The van der Waals surface area contributed by atoms with Gasteiger partial charge in [-0.25, -0.2) is 9.97 Å². The molecule has 1 aromatic heterocycles. The summed E-state index contributed by atoms with van der Waals surface area (Å²) < 4.78 is 5.35. The van der Waals surface area contributed by atoms with Crippen molar-refractivity contribution in [3.05, 3.63) is 53.3 Å². The summed E-state index contributed by atoms with van der Waals surface area (Å²) in [6.45, 7) is 5.35. The van der Waals surface area contributed by atoms with Crippen molar-refractivity contribution in [2.45, 2.75) is 19.8 Å². The first-order valence-corrected chi connectivity index (χ1v) is 8.73. The van der Waals surface area contributed by atoms with Gasteiger partial charge in [0.15, 0.2) is 0 Å². The number of rotatable bonds is 6. The van der Waals surface area contributed by atoms with Crippen molar-refractivity contribution in [2.24, 2.45) is 0 Å². The molecule has 1 N–H and O–H groups in total. The van der Waals surface area contributed by atoms with E-state index in [2.05, 4.69) is 32.3 Å². The Kier molecular flexibility index (Phi) is 5.95. The van der Waals surface area contributed by atoms with Gasteiger partial charge in [-0.15, -0.1) is 0 Å². The molecule has 0 saturated carbocycles. The lowest BCUT2D eigenvalue weighted by Crippen LogP contribution is -2.38. The van der Waals surface area contributed by atoms with E-state index in [1.54, 1.807) is 6.07 Å². The zero-order valence-electron chi connectivity index (χ0n) is 14.6. The summed E-state index contributed by atoms with van der Waals surface area (Å²) in [6, 6.07) is 12.0. The number of hydrogen-bond acceptors (Lipinski definition) is 5. The lowest BCUT2D eigenvalue weighted by atomic mass is 10.1. The van der Waals surface area contributed by atoms with Crippen LogP contribution in [0, 0.1) is 6.92 Å². The number of benzene rings is 1.